The topological polar surface area (TPSA) is 78.9 Å². The van der Waals surface area contributed by atoms with Crippen molar-refractivity contribution in [2.45, 2.75) is 380 Å². The summed E-state index contributed by atoms with van der Waals surface area (Å²) in [6, 6.07) is 0. The Morgan fingerprint density at radius 3 is 0.841 bits per heavy atom. The third kappa shape index (κ3) is 67.6. The maximum absolute atomic E-state index is 13.0. The van der Waals surface area contributed by atoms with Crippen molar-refractivity contribution >= 4 is 17.9 Å². The number of hydrogen-bond acceptors (Lipinski definition) is 6. The van der Waals surface area contributed by atoms with E-state index in [0.717, 1.165) is 70.6 Å². The first kappa shape index (κ1) is 78.8. The molecule has 476 valence electrons. The molecule has 0 radical (unpaired) electrons. The molecule has 0 heterocycles. The molecule has 0 aliphatic carbocycles. The fourth-order valence-corrected chi connectivity index (χ4v) is 10.6. The molecule has 1 unspecified atom stereocenters. The van der Waals surface area contributed by atoms with Crippen molar-refractivity contribution in [2.75, 3.05) is 13.2 Å². The maximum Gasteiger partial charge on any atom is 0.309 e. The zero-order valence-corrected chi connectivity index (χ0v) is 54.8. The summed E-state index contributed by atoms with van der Waals surface area (Å²) >= 11 is 0. The van der Waals surface area contributed by atoms with Crippen molar-refractivity contribution in [3.05, 3.63) is 72.9 Å². The van der Waals surface area contributed by atoms with Gasteiger partial charge in [0.25, 0.3) is 0 Å². The Balaban J connectivity index is 4.32. The summed E-state index contributed by atoms with van der Waals surface area (Å²) < 4.78 is 16.9. The van der Waals surface area contributed by atoms with Crippen LogP contribution in [0.2, 0.25) is 0 Å². The molecule has 0 spiro atoms. The highest BCUT2D eigenvalue weighted by molar-refractivity contribution is 5.72. The van der Waals surface area contributed by atoms with Crippen LogP contribution in [-0.2, 0) is 28.6 Å². The standard InChI is InChI=1S/C76H136O6/c1-4-7-10-13-16-19-22-25-28-30-32-34-36-38-40-41-43-45-48-51-54-57-60-63-66-69-75(78)81-72-73(71-80-74(77)68-65-62-59-56-53-50-47-27-24-21-18-15-12-9-6-3)82-76(79)70-67-64-61-58-55-52-49-46-44-42-39-37-35-33-31-29-26-23-20-17-14-11-8-5-2/h9,12,18,21,27,30,32,47,53,56,62,65,73H,4-8,10-11,13-17,19-20,22-26,28-29,31,33-46,48-52,54-55,57-61,63-64,66-72H2,1-3H3/b12-9-,21-18-,32-30-,47-27-,56-53-,65-62-. The molecule has 0 saturated heterocycles. The number of carbonyl (C=O) groups excluding carboxylic acids is 3. The van der Waals surface area contributed by atoms with E-state index in [1.165, 1.54) is 263 Å². The number of unbranched alkanes of at least 4 members (excludes halogenated alkanes) is 44. The highest BCUT2D eigenvalue weighted by Crippen LogP contribution is 2.18. The smallest absolute Gasteiger partial charge is 0.309 e. The zero-order chi connectivity index (χ0) is 59.2. The van der Waals surface area contributed by atoms with Crippen LogP contribution in [-0.4, -0.2) is 37.2 Å². The highest BCUT2D eigenvalue weighted by atomic mass is 16.6. The summed E-state index contributed by atoms with van der Waals surface area (Å²) in [5.41, 5.74) is 0. The molecule has 0 rings (SSSR count). The lowest BCUT2D eigenvalue weighted by molar-refractivity contribution is -0.166. The van der Waals surface area contributed by atoms with Gasteiger partial charge in [-0.3, -0.25) is 14.4 Å². The molecule has 1 atom stereocenters. The third-order valence-electron chi connectivity index (χ3n) is 16.0. The fourth-order valence-electron chi connectivity index (χ4n) is 10.6. The Labute approximate surface area is 510 Å². The van der Waals surface area contributed by atoms with Crippen LogP contribution >= 0.6 is 0 Å². The molecular formula is C76H136O6. The SMILES string of the molecule is CC/C=C\C/C=C\C/C=C\C/C=C\C/C=C\CC(=O)OCC(COC(=O)CCCCCCCCCCCCCCC/C=C\CCCCCCCCCC)OC(=O)CCCCCCCCCCCCCCCCCCCCCCCCCC. The molecule has 82 heavy (non-hydrogen) atoms. The lowest BCUT2D eigenvalue weighted by Gasteiger charge is -2.18. The second kappa shape index (κ2) is 70.3. The van der Waals surface area contributed by atoms with Crippen LogP contribution in [0.4, 0.5) is 0 Å². The van der Waals surface area contributed by atoms with Gasteiger partial charge in [-0.25, -0.2) is 0 Å². The van der Waals surface area contributed by atoms with Gasteiger partial charge in [0.2, 0.25) is 0 Å². The highest BCUT2D eigenvalue weighted by Gasteiger charge is 2.19. The van der Waals surface area contributed by atoms with Gasteiger partial charge < -0.3 is 14.2 Å². The minimum Gasteiger partial charge on any atom is -0.462 e. The van der Waals surface area contributed by atoms with Gasteiger partial charge in [-0.2, -0.15) is 0 Å². The Morgan fingerprint density at radius 2 is 0.524 bits per heavy atom. The summed E-state index contributed by atoms with van der Waals surface area (Å²) in [7, 11) is 0. The summed E-state index contributed by atoms with van der Waals surface area (Å²) in [5, 5.41) is 0. The van der Waals surface area contributed by atoms with E-state index in [1.54, 1.807) is 0 Å². The van der Waals surface area contributed by atoms with Crippen LogP contribution in [0.15, 0.2) is 72.9 Å². The Bertz CT molecular complexity index is 1500. The molecular weight excluding hydrogens is 1010 g/mol. The number of ether oxygens (including phenoxy) is 3. The molecule has 6 nitrogen and oxygen atoms in total. The molecule has 6 heteroatoms. The summed E-state index contributed by atoms with van der Waals surface area (Å²) in [6.45, 7) is 6.50. The Morgan fingerprint density at radius 1 is 0.268 bits per heavy atom. The van der Waals surface area contributed by atoms with Crippen LogP contribution in [0.1, 0.15) is 374 Å². The first-order valence-electron chi connectivity index (χ1n) is 35.9. The van der Waals surface area contributed by atoms with Gasteiger partial charge in [0.15, 0.2) is 6.10 Å². The molecule has 0 aromatic rings. The molecule has 0 bridgehead atoms. The second-order valence-corrected chi connectivity index (χ2v) is 24.1. The predicted molar refractivity (Wildman–Crippen MR) is 358 cm³/mol. The first-order chi connectivity index (χ1) is 40.5. The molecule has 0 fully saturated rings. The molecule has 0 aliphatic heterocycles. The Hall–Kier alpha value is -3.15. The Kier molecular flexibility index (Phi) is 67.6. The lowest BCUT2D eigenvalue weighted by Crippen LogP contribution is -2.30. The van der Waals surface area contributed by atoms with Gasteiger partial charge in [-0.1, -0.05) is 357 Å². The second-order valence-electron chi connectivity index (χ2n) is 24.1. The molecule has 0 aromatic heterocycles. The lowest BCUT2D eigenvalue weighted by atomic mass is 10.0. The molecule has 0 amide bonds. The first-order valence-corrected chi connectivity index (χ1v) is 35.9. The average molecular weight is 1150 g/mol. The minimum absolute atomic E-state index is 0.101. The van der Waals surface area contributed by atoms with Crippen LogP contribution in [0, 0.1) is 0 Å². The monoisotopic (exact) mass is 1150 g/mol. The van der Waals surface area contributed by atoms with Crippen LogP contribution in [0.25, 0.3) is 0 Å². The molecule has 0 aromatic carbocycles. The van der Waals surface area contributed by atoms with E-state index in [0.29, 0.717) is 12.8 Å². The number of carbonyl (C=O) groups is 3. The number of rotatable bonds is 66. The summed E-state index contributed by atoms with van der Waals surface area (Å²) in [6.07, 6.45) is 92.6. The van der Waals surface area contributed by atoms with Gasteiger partial charge in [0, 0.05) is 12.8 Å². The third-order valence-corrected chi connectivity index (χ3v) is 16.0. The molecule has 0 saturated carbocycles. The van der Waals surface area contributed by atoms with Crippen molar-refractivity contribution in [3.63, 3.8) is 0 Å². The quantitative estimate of drug-likeness (QED) is 0.0261. The normalized spacial score (nSPS) is 12.5. The van der Waals surface area contributed by atoms with Crippen molar-refractivity contribution in [1.29, 1.82) is 0 Å². The van der Waals surface area contributed by atoms with Crippen molar-refractivity contribution in [3.8, 4) is 0 Å². The van der Waals surface area contributed by atoms with E-state index >= 15 is 0 Å². The van der Waals surface area contributed by atoms with E-state index < -0.39 is 12.1 Å². The summed E-state index contributed by atoms with van der Waals surface area (Å²) in [5.74, 6) is -1.01. The predicted octanol–water partition coefficient (Wildman–Crippen LogP) is 24.8. The molecule has 0 N–H and O–H groups in total. The van der Waals surface area contributed by atoms with E-state index in [1.807, 2.05) is 12.2 Å². The van der Waals surface area contributed by atoms with Gasteiger partial charge in [-0.15, -0.1) is 0 Å². The zero-order valence-electron chi connectivity index (χ0n) is 54.8. The van der Waals surface area contributed by atoms with Crippen molar-refractivity contribution in [2.24, 2.45) is 0 Å². The van der Waals surface area contributed by atoms with Crippen LogP contribution in [0.5, 0.6) is 0 Å². The fraction of sp³-hybridized carbons (Fsp3) is 0.803. The number of esters is 3. The van der Waals surface area contributed by atoms with Crippen LogP contribution in [0.3, 0.4) is 0 Å². The van der Waals surface area contributed by atoms with Crippen molar-refractivity contribution in [1.82, 2.24) is 0 Å². The largest absolute Gasteiger partial charge is 0.462 e. The summed E-state index contributed by atoms with van der Waals surface area (Å²) in [4.78, 5) is 38.4. The number of allylic oxidation sites excluding steroid dienone is 11. The minimum atomic E-state index is -0.815. The van der Waals surface area contributed by atoms with Gasteiger partial charge in [0.05, 0.1) is 6.42 Å². The van der Waals surface area contributed by atoms with Crippen LogP contribution < -0.4 is 0 Å². The van der Waals surface area contributed by atoms with E-state index in [2.05, 4.69) is 81.5 Å². The molecule has 0 aliphatic rings. The van der Waals surface area contributed by atoms with E-state index in [9.17, 15) is 14.4 Å². The van der Waals surface area contributed by atoms with Gasteiger partial charge in [0.1, 0.15) is 13.2 Å². The van der Waals surface area contributed by atoms with Gasteiger partial charge in [-0.05, 0) is 70.6 Å². The van der Waals surface area contributed by atoms with E-state index in [4.69, 9.17) is 14.2 Å². The number of hydrogen-bond donors (Lipinski definition) is 0. The van der Waals surface area contributed by atoms with Crippen molar-refractivity contribution < 1.29 is 28.6 Å². The van der Waals surface area contributed by atoms with Gasteiger partial charge >= 0.3 is 17.9 Å². The van der Waals surface area contributed by atoms with E-state index in [-0.39, 0.29) is 31.6 Å². The maximum atomic E-state index is 13.0. The average Bonchev–Trinajstić information content (AvgIpc) is 3.48.